The van der Waals surface area contributed by atoms with Gasteiger partial charge in [-0.05, 0) is 80.5 Å². The van der Waals surface area contributed by atoms with E-state index >= 15 is 0 Å². The maximum Gasteiger partial charge on any atom is 0.134 e. The highest BCUT2D eigenvalue weighted by molar-refractivity contribution is 9.09. The van der Waals surface area contributed by atoms with E-state index in [1.165, 1.54) is 18.4 Å². The maximum atomic E-state index is 12.3. The molecule has 24 heavy (non-hydrogen) atoms. The van der Waals surface area contributed by atoms with Crippen molar-refractivity contribution in [1.82, 2.24) is 0 Å². The number of carbonyl (C=O) groups excluding carboxylic acids is 1. The van der Waals surface area contributed by atoms with E-state index in [0.717, 1.165) is 43.9 Å². The van der Waals surface area contributed by atoms with Gasteiger partial charge in [0.25, 0.3) is 0 Å². The lowest BCUT2D eigenvalue weighted by Gasteiger charge is -2.57. The number of Topliss-reactive ketones (excluding diaryl/α,β-unsaturated/α-hetero) is 1. The van der Waals surface area contributed by atoms with Gasteiger partial charge in [-0.1, -0.05) is 41.4 Å². The van der Waals surface area contributed by atoms with Gasteiger partial charge in [0, 0.05) is 10.7 Å². The third kappa shape index (κ3) is 2.26. The quantitative estimate of drug-likeness (QED) is 0.507. The molecule has 4 aliphatic rings. The standard InChI is InChI=1S/C21H31BrO2/c1-12(23)19-18(22)11-17-15-5-4-13-10-14(24)6-8-20(13,2)16(15)7-9-21(17,19)3/h4,14-19,24H,5-11H2,1-3H3/t14-,15+,16-,17-,18+,19-,20-,21-/m0/s1. The van der Waals surface area contributed by atoms with Crippen molar-refractivity contribution in [1.29, 1.82) is 0 Å². The van der Waals surface area contributed by atoms with E-state index in [0.29, 0.717) is 21.9 Å². The van der Waals surface area contributed by atoms with Crippen molar-refractivity contribution in [3.05, 3.63) is 11.6 Å². The molecule has 0 spiro atoms. The highest BCUT2D eigenvalue weighted by Crippen LogP contribution is 2.67. The molecule has 8 atom stereocenters. The van der Waals surface area contributed by atoms with E-state index in [4.69, 9.17) is 0 Å². The summed E-state index contributed by atoms with van der Waals surface area (Å²) in [6.45, 7) is 6.65. The van der Waals surface area contributed by atoms with Gasteiger partial charge in [-0.15, -0.1) is 0 Å². The molecule has 3 fully saturated rings. The zero-order chi connectivity index (χ0) is 17.3. The SMILES string of the molecule is CC(=O)[C@H]1[C@H](Br)C[C@H]2[C@@H]3CC=C4C[C@@H](O)CC[C@]4(C)[C@H]3CC[C@@]21C. The average Bonchev–Trinajstić information content (AvgIpc) is 2.78. The second-order valence-corrected chi connectivity index (χ2v) is 10.7. The van der Waals surface area contributed by atoms with Crippen LogP contribution in [0.5, 0.6) is 0 Å². The number of alkyl halides is 1. The van der Waals surface area contributed by atoms with Crippen molar-refractivity contribution in [2.24, 2.45) is 34.5 Å². The first kappa shape index (κ1) is 17.3. The fraction of sp³-hybridized carbons (Fsp3) is 0.857. The van der Waals surface area contributed by atoms with Gasteiger partial charge in [0.1, 0.15) is 5.78 Å². The summed E-state index contributed by atoms with van der Waals surface area (Å²) >= 11 is 3.87. The molecule has 134 valence electrons. The summed E-state index contributed by atoms with van der Waals surface area (Å²) in [7, 11) is 0. The molecular weight excluding hydrogens is 364 g/mol. The van der Waals surface area contributed by atoms with E-state index in [1.807, 2.05) is 0 Å². The van der Waals surface area contributed by atoms with Crippen LogP contribution in [0.15, 0.2) is 11.6 Å². The van der Waals surface area contributed by atoms with Crippen molar-refractivity contribution in [3.63, 3.8) is 0 Å². The number of rotatable bonds is 1. The highest BCUT2D eigenvalue weighted by atomic mass is 79.9. The Morgan fingerprint density at radius 3 is 2.71 bits per heavy atom. The van der Waals surface area contributed by atoms with Crippen molar-refractivity contribution in [2.75, 3.05) is 0 Å². The molecule has 0 aromatic rings. The van der Waals surface area contributed by atoms with E-state index in [1.54, 1.807) is 6.92 Å². The van der Waals surface area contributed by atoms with Crippen molar-refractivity contribution >= 4 is 21.7 Å². The first-order valence-corrected chi connectivity index (χ1v) is 10.7. The lowest BCUT2D eigenvalue weighted by Crippen LogP contribution is -2.51. The Morgan fingerprint density at radius 2 is 2.00 bits per heavy atom. The summed E-state index contributed by atoms with van der Waals surface area (Å²) < 4.78 is 0. The zero-order valence-electron chi connectivity index (χ0n) is 15.2. The third-order valence-corrected chi connectivity index (χ3v) is 9.41. The monoisotopic (exact) mass is 394 g/mol. The summed E-state index contributed by atoms with van der Waals surface area (Å²) in [5.41, 5.74) is 2.00. The average molecular weight is 395 g/mol. The van der Waals surface area contributed by atoms with Crippen molar-refractivity contribution in [2.45, 2.75) is 76.6 Å². The first-order chi connectivity index (χ1) is 11.3. The molecule has 0 heterocycles. The minimum Gasteiger partial charge on any atom is -0.393 e. The summed E-state index contributed by atoms with van der Waals surface area (Å²) in [4.78, 5) is 12.7. The van der Waals surface area contributed by atoms with Crippen molar-refractivity contribution < 1.29 is 9.90 Å². The zero-order valence-corrected chi connectivity index (χ0v) is 16.8. The number of halogens is 1. The Morgan fingerprint density at radius 1 is 1.25 bits per heavy atom. The van der Waals surface area contributed by atoms with Gasteiger partial charge in [0.15, 0.2) is 0 Å². The second kappa shape index (κ2) is 5.67. The van der Waals surface area contributed by atoms with Gasteiger partial charge in [-0.25, -0.2) is 0 Å². The van der Waals surface area contributed by atoms with Crippen LogP contribution in [0.3, 0.4) is 0 Å². The third-order valence-electron chi connectivity index (χ3n) is 8.50. The molecule has 3 heteroatoms. The molecule has 1 N–H and O–H groups in total. The van der Waals surface area contributed by atoms with E-state index < -0.39 is 0 Å². The van der Waals surface area contributed by atoms with E-state index in [-0.39, 0.29) is 17.4 Å². The largest absolute Gasteiger partial charge is 0.393 e. The number of fused-ring (bicyclic) bond motifs is 5. The molecule has 0 aromatic heterocycles. The summed E-state index contributed by atoms with van der Waals surface area (Å²) in [6.07, 6.45) is 10.1. The van der Waals surface area contributed by atoms with Gasteiger partial charge in [0.2, 0.25) is 0 Å². The van der Waals surface area contributed by atoms with Crippen LogP contribution in [-0.4, -0.2) is 21.8 Å². The molecule has 0 radical (unpaired) electrons. The predicted octanol–water partition coefficient (Wildman–Crippen LogP) is 4.89. The van der Waals surface area contributed by atoms with Crippen LogP contribution >= 0.6 is 15.9 Å². The first-order valence-electron chi connectivity index (χ1n) is 9.79. The Kier molecular flexibility index (Phi) is 4.08. The molecule has 0 bridgehead atoms. The maximum absolute atomic E-state index is 12.3. The van der Waals surface area contributed by atoms with E-state index in [2.05, 4.69) is 35.9 Å². The molecule has 2 nitrogen and oxygen atoms in total. The topological polar surface area (TPSA) is 37.3 Å². The smallest absolute Gasteiger partial charge is 0.134 e. The molecule has 4 rings (SSSR count). The van der Waals surface area contributed by atoms with Crippen LogP contribution in [0, 0.1) is 34.5 Å². The number of ketones is 1. The molecule has 4 aliphatic carbocycles. The van der Waals surface area contributed by atoms with Gasteiger partial charge >= 0.3 is 0 Å². The van der Waals surface area contributed by atoms with Crippen LogP contribution in [0.2, 0.25) is 0 Å². The summed E-state index contributed by atoms with van der Waals surface area (Å²) in [6, 6.07) is 0. The Labute approximate surface area is 154 Å². The van der Waals surface area contributed by atoms with Crippen LogP contribution < -0.4 is 0 Å². The summed E-state index contributed by atoms with van der Waals surface area (Å²) in [5.74, 6) is 2.69. The predicted molar refractivity (Wildman–Crippen MR) is 100.0 cm³/mol. The van der Waals surface area contributed by atoms with Crippen LogP contribution in [-0.2, 0) is 4.79 Å². The molecule has 0 unspecified atom stereocenters. The van der Waals surface area contributed by atoms with Gasteiger partial charge in [-0.2, -0.15) is 0 Å². The fourth-order valence-corrected chi connectivity index (χ4v) is 8.71. The van der Waals surface area contributed by atoms with Gasteiger partial charge < -0.3 is 5.11 Å². The molecule has 0 saturated heterocycles. The Bertz CT molecular complexity index is 584. The molecule has 0 aromatic carbocycles. The Balaban J connectivity index is 1.68. The lowest BCUT2D eigenvalue weighted by atomic mass is 9.47. The van der Waals surface area contributed by atoms with Crippen LogP contribution in [0.4, 0.5) is 0 Å². The number of aliphatic hydroxyl groups is 1. The minimum atomic E-state index is -0.129. The fourth-order valence-electron chi connectivity index (χ4n) is 7.33. The second-order valence-electron chi connectivity index (χ2n) is 9.54. The summed E-state index contributed by atoms with van der Waals surface area (Å²) in [5, 5.41) is 10.1. The number of carbonyl (C=O) groups is 1. The van der Waals surface area contributed by atoms with Crippen LogP contribution in [0.1, 0.15) is 65.7 Å². The number of aliphatic hydroxyl groups excluding tert-OH is 1. The minimum absolute atomic E-state index is 0.129. The molecule has 3 saturated carbocycles. The molecular formula is C21H31BrO2. The number of allylic oxidation sites excluding steroid dienone is 1. The van der Waals surface area contributed by atoms with Gasteiger partial charge in [0.05, 0.1) is 6.10 Å². The number of hydrogen-bond donors (Lipinski definition) is 1. The van der Waals surface area contributed by atoms with Crippen molar-refractivity contribution in [3.8, 4) is 0 Å². The van der Waals surface area contributed by atoms with Crippen LogP contribution in [0.25, 0.3) is 0 Å². The Hall–Kier alpha value is -0.150. The van der Waals surface area contributed by atoms with E-state index in [9.17, 15) is 9.90 Å². The molecule has 0 amide bonds. The highest BCUT2D eigenvalue weighted by Gasteiger charge is 2.61. The van der Waals surface area contributed by atoms with Gasteiger partial charge in [-0.3, -0.25) is 4.79 Å². The molecule has 0 aliphatic heterocycles. The normalized spacial score (nSPS) is 53.6. The lowest BCUT2D eigenvalue weighted by molar-refractivity contribution is -0.127. The number of hydrogen-bond acceptors (Lipinski definition) is 2.